The Kier molecular flexibility index (Phi) is 7.13. The van der Waals surface area contributed by atoms with E-state index in [4.69, 9.17) is 6.57 Å². The molecule has 0 aromatic heterocycles. The van der Waals surface area contributed by atoms with Gasteiger partial charge in [0.05, 0.1) is 0 Å². The molecule has 0 aliphatic carbocycles. The first-order chi connectivity index (χ1) is 6.67. The van der Waals surface area contributed by atoms with Crippen molar-refractivity contribution in [1.82, 2.24) is 4.90 Å². The van der Waals surface area contributed by atoms with Crippen molar-refractivity contribution in [1.29, 1.82) is 0 Å². The zero-order valence-corrected chi connectivity index (χ0v) is 10.1. The molecule has 0 aromatic carbocycles. The van der Waals surface area contributed by atoms with Crippen LogP contribution in [0.4, 0.5) is 0 Å². The van der Waals surface area contributed by atoms with Gasteiger partial charge in [-0.2, -0.15) is 0 Å². The van der Waals surface area contributed by atoms with E-state index in [9.17, 15) is 4.79 Å². The Morgan fingerprint density at radius 3 is 2.79 bits per heavy atom. The summed E-state index contributed by atoms with van der Waals surface area (Å²) >= 11 is 3.21. The van der Waals surface area contributed by atoms with Crippen molar-refractivity contribution in [3.63, 3.8) is 0 Å². The number of allylic oxidation sites excluding steroid dienone is 1. The molecule has 0 aliphatic heterocycles. The van der Waals surface area contributed by atoms with Gasteiger partial charge >= 0.3 is 0 Å². The third-order valence-corrected chi connectivity index (χ3v) is 2.23. The first kappa shape index (κ1) is 13.2. The molecule has 0 saturated carbocycles. The van der Waals surface area contributed by atoms with Crippen molar-refractivity contribution < 1.29 is 4.79 Å². The molecule has 0 heterocycles. The number of carbonyl (C=O) groups excluding carboxylic acids is 1. The second-order valence-corrected chi connectivity index (χ2v) is 3.52. The number of likely N-dealkylation sites (N-methyl/N-ethyl adjacent to an activating group) is 1. The zero-order valence-electron chi connectivity index (χ0n) is 8.53. The number of hydrogen-bond donors (Lipinski definition) is 0. The van der Waals surface area contributed by atoms with Gasteiger partial charge in [-0.25, -0.2) is 6.57 Å². The summed E-state index contributed by atoms with van der Waals surface area (Å²) in [5, 5.41) is 0.674. The van der Waals surface area contributed by atoms with Crippen LogP contribution in [0.5, 0.6) is 0 Å². The summed E-state index contributed by atoms with van der Waals surface area (Å²) in [6.07, 6.45) is 3.30. The molecule has 0 bridgehead atoms. The molecule has 4 heteroatoms. The Labute approximate surface area is 93.7 Å². The molecule has 0 spiro atoms. The molecule has 0 fully saturated rings. The Balaban J connectivity index is 4.33. The third kappa shape index (κ3) is 4.43. The van der Waals surface area contributed by atoms with Crippen molar-refractivity contribution in [2.45, 2.75) is 19.9 Å². The van der Waals surface area contributed by atoms with Gasteiger partial charge in [0.2, 0.25) is 12.5 Å². The van der Waals surface area contributed by atoms with Crippen LogP contribution >= 0.6 is 15.9 Å². The highest BCUT2D eigenvalue weighted by Crippen LogP contribution is 2.01. The van der Waals surface area contributed by atoms with E-state index in [1.807, 2.05) is 13.8 Å². The number of rotatable bonds is 5. The normalized spacial score (nSPS) is 12.4. The fraction of sp³-hybridized carbons (Fsp3) is 0.600. The predicted molar refractivity (Wildman–Crippen MR) is 61.3 cm³/mol. The van der Waals surface area contributed by atoms with Crippen LogP contribution in [-0.4, -0.2) is 35.3 Å². The van der Waals surface area contributed by atoms with E-state index in [0.29, 0.717) is 18.4 Å². The summed E-state index contributed by atoms with van der Waals surface area (Å²) in [4.78, 5) is 16.5. The molecular formula is C10H15BrN2O. The Morgan fingerprint density at radius 2 is 2.36 bits per heavy atom. The number of nitrogens with zero attached hydrogens (tertiary/aromatic N) is 2. The third-order valence-electron chi connectivity index (χ3n) is 1.86. The average molecular weight is 259 g/mol. The van der Waals surface area contributed by atoms with Crippen molar-refractivity contribution >= 4 is 21.8 Å². The lowest BCUT2D eigenvalue weighted by molar-refractivity contribution is -0.127. The van der Waals surface area contributed by atoms with E-state index in [1.54, 1.807) is 17.1 Å². The lowest BCUT2D eigenvalue weighted by atomic mass is 10.2. The molecule has 0 N–H and O–H groups in total. The van der Waals surface area contributed by atoms with Crippen LogP contribution in [0.15, 0.2) is 12.2 Å². The molecule has 78 valence electrons. The van der Waals surface area contributed by atoms with Crippen molar-refractivity contribution in [2.75, 3.05) is 18.4 Å². The highest BCUT2D eigenvalue weighted by atomic mass is 79.9. The second kappa shape index (κ2) is 7.57. The standard InChI is InChI=1S/C10H15BrN2O/c1-4-13(9(2)8-12-3)10(14)6-5-7-11/h5-6,9H,4,7-8H2,1-2H3/b6-5+/t9-/m1/s1. The molecule has 0 saturated heterocycles. The van der Waals surface area contributed by atoms with Crippen molar-refractivity contribution in [3.05, 3.63) is 23.6 Å². The molecule has 0 aliphatic rings. The SMILES string of the molecule is [C-]#[N+]C[C@@H](C)N(CC)C(=O)/C=C/CBr. The first-order valence-electron chi connectivity index (χ1n) is 4.53. The number of amides is 1. The molecule has 1 amide bonds. The van der Waals surface area contributed by atoms with Crippen LogP contribution in [0.25, 0.3) is 4.85 Å². The summed E-state index contributed by atoms with van der Waals surface area (Å²) in [6.45, 7) is 11.6. The number of alkyl halides is 1. The minimum atomic E-state index is -0.0249. The summed E-state index contributed by atoms with van der Waals surface area (Å²) in [5.74, 6) is -0.0249. The molecule has 0 rings (SSSR count). The minimum absolute atomic E-state index is 0.00928. The number of carbonyl (C=O) groups is 1. The molecular weight excluding hydrogens is 244 g/mol. The van der Waals surface area contributed by atoms with Crippen molar-refractivity contribution in [3.8, 4) is 0 Å². The van der Waals surface area contributed by atoms with Gasteiger partial charge in [-0.3, -0.25) is 4.79 Å². The summed E-state index contributed by atoms with van der Waals surface area (Å²) in [6, 6.07) is -0.00928. The van der Waals surface area contributed by atoms with Gasteiger partial charge in [-0.05, 0) is 19.9 Å². The molecule has 1 atom stereocenters. The first-order valence-corrected chi connectivity index (χ1v) is 5.65. The van der Waals surface area contributed by atoms with Crippen LogP contribution < -0.4 is 0 Å². The molecule has 14 heavy (non-hydrogen) atoms. The van der Waals surface area contributed by atoms with Gasteiger partial charge in [-0.15, -0.1) is 0 Å². The van der Waals surface area contributed by atoms with Crippen LogP contribution in [0.3, 0.4) is 0 Å². The van der Waals surface area contributed by atoms with Crippen molar-refractivity contribution in [2.24, 2.45) is 0 Å². The summed E-state index contributed by atoms with van der Waals surface area (Å²) < 4.78 is 0. The van der Waals surface area contributed by atoms with E-state index in [-0.39, 0.29) is 11.9 Å². The summed E-state index contributed by atoms with van der Waals surface area (Å²) in [7, 11) is 0. The van der Waals surface area contributed by atoms with Gasteiger partial charge in [0.15, 0.2) is 0 Å². The maximum absolute atomic E-state index is 11.6. The Bertz CT molecular complexity index is 245. The number of hydrogen-bond acceptors (Lipinski definition) is 1. The second-order valence-electron chi connectivity index (χ2n) is 2.87. The zero-order chi connectivity index (χ0) is 11.0. The van der Waals surface area contributed by atoms with Crippen LogP contribution in [0.2, 0.25) is 0 Å². The smallest absolute Gasteiger partial charge is 0.246 e. The topological polar surface area (TPSA) is 24.7 Å². The highest BCUT2D eigenvalue weighted by Gasteiger charge is 2.17. The summed E-state index contributed by atoms with van der Waals surface area (Å²) in [5.41, 5.74) is 0. The predicted octanol–water partition coefficient (Wildman–Crippen LogP) is 2.09. The molecule has 3 nitrogen and oxygen atoms in total. The van der Waals surface area contributed by atoms with Crippen LogP contribution in [0.1, 0.15) is 13.8 Å². The average Bonchev–Trinajstić information content (AvgIpc) is 2.16. The van der Waals surface area contributed by atoms with Gasteiger partial charge in [0.25, 0.3) is 0 Å². The van der Waals surface area contributed by atoms with E-state index >= 15 is 0 Å². The van der Waals surface area contributed by atoms with Gasteiger partial charge in [0.1, 0.15) is 6.04 Å². The largest absolute Gasteiger partial charge is 0.329 e. The van der Waals surface area contributed by atoms with Gasteiger partial charge in [0, 0.05) is 11.9 Å². The number of halogens is 1. The maximum atomic E-state index is 11.6. The van der Waals surface area contributed by atoms with E-state index in [2.05, 4.69) is 20.8 Å². The van der Waals surface area contributed by atoms with Crippen LogP contribution in [-0.2, 0) is 4.79 Å². The maximum Gasteiger partial charge on any atom is 0.246 e. The molecule has 0 unspecified atom stereocenters. The van der Waals surface area contributed by atoms with Gasteiger partial charge < -0.3 is 9.74 Å². The Hall–Kier alpha value is -0.820. The monoisotopic (exact) mass is 258 g/mol. The van der Waals surface area contributed by atoms with E-state index in [1.165, 1.54) is 0 Å². The Morgan fingerprint density at radius 1 is 1.71 bits per heavy atom. The lowest BCUT2D eigenvalue weighted by Crippen LogP contribution is -2.38. The fourth-order valence-corrected chi connectivity index (χ4v) is 1.34. The highest BCUT2D eigenvalue weighted by molar-refractivity contribution is 9.09. The van der Waals surface area contributed by atoms with E-state index < -0.39 is 0 Å². The van der Waals surface area contributed by atoms with Gasteiger partial charge in [-0.1, -0.05) is 22.0 Å². The van der Waals surface area contributed by atoms with E-state index in [0.717, 1.165) is 0 Å². The lowest BCUT2D eigenvalue weighted by Gasteiger charge is -2.22. The van der Waals surface area contributed by atoms with Crippen LogP contribution in [0, 0.1) is 6.57 Å². The molecule has 0 radical (unpaired) electrons. The minimum Gasteiger partial charge on any atom is -0.329 e. The fourth-order valence-electron chi connectivity index (χ4n) is 1.16. The molecule has 0 aromatic rings. The quantitative estimate of drug-likeness (QED) is 0.421.